The molecule has 1 aromatic rings. The van der Waals surface area contributed by atoms with E-state index in [2.05, 4.69) is 0 Å². The summed E-state index contributed by atoms with van der Waals surface area (Å²) in [6.07, 6.45) is -9.49. The van der Waals surface area contributed by atoms with Gasteiger partial charge in [-0.1, -0.05) is 12.1 Å². The summed E-state index contributed by atoms with van der Waals surface area (Å²) < 4.78 is 14.6. The minimum atomic E-state index is -1.91. The quantitative estimate of drug-likeness (QED) is 0.469. The van der Waals surface area contributed by atoms with Gasteiger partial charge in [-0.05, 0) is 19.1 Å². The van der Waals surface area contributed by atoms with Gasteiger partial charge in [0, 0.05) is 0 Å². The molecule has 0 aliphatic carbocycles. The molecule has 0 radical (unpaired) electrons. The molecular formula is C16H18O10. The van der Waals surface area contributed by atoms with E-state index in [1.165, 1.54) is 24.3 Å². The van der Waals surface area contributed by atoms with E-state index >= 15 is 0 Å². The molecule has 2 rings (SSSR count). The number of benzene rings is 1. The number of aliphatic carboxylic acids is 1. The summed E-state index contributed by atoms with van der Waals surface area (Å²) in [6, 6.07) is 5.54. The summed E-state index contributed by atoms with van der Waals surface area (Å²) in [5, 5.41) is 38.2. The first-order chi connectivity index (χ1) is 12.3. The normalized spacial score (nSPS) is 28.2. The number of hydrogen-bond acceptors (Lipinski definition) is 9. The molecule has 10 heteroatoms. The van der Waals surface area contributed by atoms with Gasteiger partial charge in [-0.3, -0.25) is 0 Å². The fraction of sp³-hybridized carbons (Fsp3) is 0.438. The lowest BCUT2D eigenvalue weighted by Gasteiger charge is -2.37. The Labute approximate surface area is 147 Å². The van der Waals surface area contributed by atoms with Crippen molar-refractivity contribution in [1.29, 1.82) is 0 Å². The molecule has 1 fully saturated rings. The number of esters is 2. The molecule has 1 aromatic carbocycles. The highest BCUT2D eigenvalue weighted by Gasteiger charge is 2.48. The first-order valence-corrected chi connectivity index (χ1v) is 7.67. The topological polar surface area (TPSA) is 160 Å². The number of carbonyl (C=O) groups excluding carboxylic acids is 2. The molecule has 1 aliphatic heterocycles. The predicted octanol–water partition coefficient (Wildman–Crippen LogP) is -1.09. The van der Waals surface area contributed by atoms with Crippen molar-refractivity contribution < 1.29 is 49.0 Å². The van der Waals surface area contributed by atoms with Crippen LogP contribution in [0.3, 0.4) is 0 Å². The van der Waals surface area contributed by atoms with Crippen molar-refractivity contribution >= 4 is 17.9 Å². The number of aliphatic hydroxyl groups excluding tert-OH is 3. The molecule has 4 N–H and O–H groups in total. The molecule has 5 atom stereocenters. The lowest BCUT2D eigenvalue weighted by atomic mass is 9.99. The van der Waals surface area contributed by atoms with Gasteiger partial charge in [-0.2, -0.15) is 0 Å². The van der Waals surface area contributed by atoms with Gasteiger partial charge in [0.1, 0.15) is 18.3 Å². The van der Waals surface area contributed by atoms with Crippen molar-refractivity contribution in [1.82, 2.24) is 0 Å². The van der Waals surface area contributed by atoms with Crippen LogP contribution in [-0.2, 0) is 19.0 Å². The summed E-state index contributed by atoms with van der Waals surface area (Å²) in [4.78, 5) is 35.3. The molecule has 0 spiro atoms. The van der Waals surface area contributed by atoms with E-state index in [-0.39, 0.29) is 17.7 Å². The molecule has 0 amide bonds. The van der Waals surface area contributed by atoms with Crippen LogP contribution in [0.1, 0.15) is 27.6 Å². The van der Waals surface area contributed by atoms with E-state index in [0.717, 1.165) is 0 Å². The summed E-state index contributed by atoms with van der Waals surface area (Å²) in [6.45, 7) is 1.67. The van der Waals surface area contributed by atoms with Gasteiger partial charge in [-0.15, -0.1) is 0 Å². The third kappa shape index (κ3) is 3.99. The average molecular weight is 370 g/mol. The van der Waals surface area contributed by atoms with Crippen LogP contribution in [-0.4, -0.2) is 75.6 Å². The van der Waals surface area contributed by atoms with Crippen molar-refractivity contribution in [3.63, 3.8) is 0 Å². The van der Waals surface area contributed by atoms with E-state index in [9.17, 15) is 29.7 Å². The molecular weight excluding hydrogens is 352 g/mol. The van der Waals surface area contributed by atoms with Gasteiger partial charge in [0.25, 0.3) is 0 Å². The third-order valence-corrected chi connectivity index (χ3v) is 3.68. The number of rotatable bonds is 5. The summed E-state index contributed by atoms with van der Waals surface area (Å²) in [7, 11) is 0. The first kappa shape index (κ1) is 19.8. The number of carbonyl (C=O) groups is 3. The smallest absolute Gasteiger partial charge is 0.341 e. The number of ether oxygens (including phenoxy) is 3. The van der Waals surface area contributed by atoms with Crippen LogP contribution in [0.2, 0.25) is 0 Å². The van der Waals surface area contributed by atoms with Gasteiger partial charge in [0.2, 0.25) is 6.29 Å². The average Bonchev–Trinajstić information content (AvgIpc) is 2.62. The minimum absolute atomic E-state index is 0.0804. The molecule has 0 unspecified atom stereocenters. The molecule has 0 aromatic heterocycles. The molecule has 1 heterocycles. The van der Waals surface area contributed by atoms with Crippen LogP contribution < -0.4 is 0 Å². The van der Waals surface area contributed by atoms with Gasteiger partial charge >= 0.3 is 17.9 Å². The highest BCUT2D eigenvalue weighted by molar-refractivity contribution is 6.03. The highest BCUT2D eigenvalue weighted by Crippen LogP contribution is 2.24. The van der Waals surface area contributed by atoms with E-state index in [1.807, 2.05) is 0 Å². The molecule has 1 saturated heterocycles. The van der Waals surface area contributed by atoms with Crippen molar-refractivity contribution in [2.75, 3.05) is 6.61 Å². The van der Waals surface area contributed by atoms with E-state index < -0.39 is 48.6 Å². The summed E-state index contributed by atoms with van der Waals surface area (Å²) in [5.74, 6) is -3.49. The number of carboxylic acids is 1. The Morgan fingerprint density at radius 3 is 2.12 bits per heavy atom. The maximum Gasteiger partial charge on any atom is 0.341 e. The summed E-state index contributed by atoms with van der Waals surface area (Å²) >= 11 is 0. The molecule has 142 valence electrons. The first-order valence-electron chi connectivity index (χ1n) is 7.67. The largest absolute Gasteiger partial charge is 0.479 e. The van der Waals surface area contributed by atoms with E-state index in [4.69, 9.17) is 19.3 Å². The van der Waals surface area contributed by atoms with Crippen molar-refractivity contribution in [3.05, 3.63) is 35.4 Å². The molecule has 10 nitrogen and oxygen atoms in total. The van der Waals surface area contributed by atoms with E-state index in [0.29, 0.717) is 0 Å². The second-order valence-electron chi connectivity index (χ2n) is 5.41. The van der Waals surface area contributed by atoms with Crippen LogP contribution in [0.15, 0.2) is 24.3 Å². The van der Waals surface area contributed by atoms with Gasteiger partial charge in [0.05, 0.1) is 17.7 Å². The second-order valence-corrected chi connectivity index (χ2v) is 5.41. The molecule has 0 saturated carbocycles. The van der Waals surface area contributed by atoms with Crippen molar-refractivity contribution in [3.8, 4) is 0 Å². The lowest BCUT2D eigenvalue weighted by Crippen LogP contribution is -2.60. The van der Waals surface area contributed by atoms with Crippen molar-refractivity contribution in [2.24, 2.45) is 0 Å². The van der Waals surface area contributed by atoms with Crippen LogP contribution in [0.5, 0.6) is 0 Å². The maximum absolute atomic E-state index is 12.3. The molecule has 26 heavy (non-hydrogen) atoms. The van der Waals surface area contributed by atoms with Crippen molar-refractivity contribution in [2.45, 2.75) is 37.6 Å². The minimum Gasteiger partial charge on any atom is -0.479 e. The zero-order valence-corrected chi connectivity index (χ0v) is 13.6. The second kappa shape index (κ2) is 8.23. The number of aliphatic hydroxyl groups is 3. The molecule has 0 bridgehead atoms. The Morgan fingerprint density at radius 1 is 1.00 bits per heavy atom. The highest BCUT2D eigenvalue weighted by atomic mass is 16.7. The van der Waals surface area contributed by atoms with Gasteiger partial charge in [0.15, 0.2) is 6.10 Å². The Balaban J connectivity index is 2.21. The Hall–Kier alpha value is -2.53. The zero-order chi connectivity index (χ0) is 19.4. The fourth-order valence-electron chi connectivity index (χ4n) is 2.37. The van der Waals surface area contributed by atoms with Crippen LogP contribution in [0.4, 0.5) is 0 Å². The Bertz CT molecular complexity index is 687. The Morgan fingerprint density at radius 2 is 1.58 bits per heavy atom. The van der Waals surface area contributed by atoms with Crippen LogP contribution in [0, 0.1) is 0 Å². The van der Waals surface area contributed by atoms with E-state index in [1.54, 1.807) is 6.92 Å². The van der Waals surface area contributed by atoms with Crippen LogP contribution >= 0.6 is 0 Å². The maximum atomic E-state index is 12.3. The predicted molar refractivity (Wildman–Crippen MR) is 82.1 cm³/mol. The van der Waals surface area contributed by atoms with Gasteiger partial charge in [-0.25, -0.2) is 14.4 Å². The number of hydrogen-bond donors (Lipinski definition) is 4. The monoisotopic (exact) mass is 370 g/mol. The SMILES string of the molecule is CCOC(=O)c1ccccc1C(=O)O[C@@H]1O[C@@H](C(=O)O)[C@H](O)[C@H](O)[C@H]1O. The molecule has 1 aliphatic rings. The zero-order valence-electron chi connectivity index (χ0n) is 13.6. The van der Waals surface area contributed by atoms with Gasteiger partial charge < -0.3 is 34.6 Å². The Kier molecular flexibility index (Phi) is 6.27. The standard InChI is InChI=1S/C16H18O10/c1-2-24-14(22)7-5-3-4-6-8(7)15(23)26-16-11(19)9(17)10(18)12(25-16)13(20)21/h3-6,9-12,16-19H,2H2,1H3,(H,20,21)/t9-,10+,11+,12+,16-/m0/s1. The van der Waals surface area contributed by atoms with Crippen LogP contribution in [0.25, 0.3) is 0 Å². The fourth-order valence-corrected chi connectivity index (χ4v) is 2.37. The third-order valence-electron chi connectivity index (χ3n) is 3.68. The number of carboxylic acid groups (broad SMARTS) is 1. The summed E-state index contributed by atoms with van der Waals surface area (Å²) in [5.41, 5.74) is -0.297. The lowest BCUT2D eigenvalue weighted by molar-refractivity contribution is -0.278.